The molecule has 0 aliphatic rings. The minimum atomic E-state index is -0.123. The molecule has 2 aromatic rings. The highest BCUT2D eigenvalue weighted by Crippen LogP contribution is 2.18. The standard InChI is InChI=1S/C23H27N3O2/c1-4-16-25(17-5-2)18-22(27)24-20-14-12-19(13-15-20)23(28)26(6-3)21-10-8-7-9-11-21/h4-5,7-15H,1-2,6,16-18H2,3H3,(H,24,27). The Balaban J connectivity index is 2.02. The molecule has 2 amide bonds. The molecule has 146 valence electrons. The molecule has 0 radical (unpaired) electrons. The lowest BCUT2D eigenvalue weighted by molar-refractivity contribution is -0.117. The summed E-state index contributed by atoms with van der Waals surface area (Å²) in [6, 6.07) is 16.5. The smallest absolute Gasteiger partial charge is 0.258 e. The molecule has 0 atom stereocenters. The van der Waals surface area contributed by atoms with E-state index in [4.69, 9.17) is 0 Å². The highest BCUT2D eigenvalue weighted by molar-refractivity contribution is 6.06. The summed E-state index contributed by atoms with van der Waals surface area (Å²) in [5.41, 5.74) is 2.09. The number of nitrogens with zero attached hydrogens (tertiary/aromatic N) is 2. The fraction of sp³-hybridized carbons (Fsp3) is 0.217. The van der Waals surface area contributed by atoms with E-state index < -0.39 is 0 Å². The first-order valence-corrected chi connectivity index (χ1v) is 9.30. The second-order valence-corrected chi connectivity index (χ2v) is 6.28. The predicted octanol–water partition coefficient (Wildman–Crippen LogP) is 3.97. The fourth-order valence-corrected chi connectivity index (χ4v) is 2.88. The number of amides is 2. The summed E-state index contributed by atoms with van der Waals surface area (Å²) < 4.78 is 0. The molecule has 28 heavy (non-hydrogen) atoms. The second-order valence-electron chi connectivity index (χ2n) is 6.28. The molecule has 0 aromatic heterocycles. The van der Waals surface area contributed by atoms with Crippen LogP contribution in [0.1, 0.15) is 17.3 Å². The van der Waals surface area contributed by atoms with E-state index >= 15 is 0 Å². The van der Waals surface area contributed by atoms with Crippen LogP contribution in [0.25, 0.3) is 0 Å². The van der Waals surface area contributed by atoms with Crippen molar-refractivity contribution in [2.24, 2.45) is 0 Å². The number of anilines is 2. The van der Waals surface area contributed by atoms with Gasteiger partial charge in [0.15, 0.2) is 0 Å². The van der Waals surface area contributed by atoms with Crippen molar-refractivity contribution in [2.75, 3.05) is 36.4 Å². The summed E-state index contributed by atoms with van der Waals surface area (Å²) in [7, 11) is 0. The van der Waals surface area contributed by atoms with Gasteiger partial charge in [-0.3, -0.25) is 14.5 Å². The number of nitrogens with one attached hydrogen (secondary N) is 1. The van der Waals surface area contributed by atoms with Crippen LogP contribution in [-0.4, -0.2) is 42.9 Å². The Hall–Kier alpha value is -3.18. The summed E-state index contributed by atoms with van der Waals surface area (Å²) >= 11 is 0. The van der Waals surface area contributed by atoms with Crippen molar-refractivity contribution in [2.45, 2.75) is 6.92 Å². The van der Waals surface area contributed by atoms with Gasteiger partial charge in [0.2, 0.25) is 5.91 Å². The van der Waals surface area contributed by atoms with Crippen LogP contribution in [0.5, 0.6) is 0 Å². The van der Waals surface area contributed by atoms with Gasteiger partial charge in [-0.2, -0.15) is 0 Å². The monoisotopic (exact) mass is 377 g/mol. The Morgan fingerprint density at radius 1 is 0.964 bits per heavy atom. The van der Waals surface area contributed by atoms with Gasteiger partial charge in [0.05, 0.1) is 6.54 Å². The Kier molecular flexibility index (Phi) is 8.18. The maximum atomic E-state index is 12.8. The summed E-state index contributed by atoms with van der Waals surface area (Å²) in [6.07, 6.45) is 3.51. The quantitative estimate of drug-likeness (QED) is 0.638. The fourth-order valence-electron chi connectivity index (χ4n) is 2.88. The lowest BCUT2D eigenvalue weighted by Crippen LogP contribution is -2.33. The highest BCUT2D eigenvalue weighted by atomic mass is 16.2. The minimum absolute atomic E-state index is 0.0743. The van der Waals surface area contributed by atoms with Gasteiger partial charge in [-0.05, 0) is 43.3 Å². The van der Waals surface area contributed by atoms with Gasteiger partial charge < -0.3 is 10.2 Å². The summed E-state index contributed by atoms with van der Waals surface area (Å²) in [4.78, 5) is 28.7. The Labute approximate surface area is 167 Å². The lowest BCUT2D eigenvalue weighted by Gasteiger charge is -2.21. The number of benzene rings is 2. The van der Waals surface area contributed by atoms with Crippen LogP contribution >= 0.6 is 0 Å². The molecular formula is C23H27N3O2. The Morgan fingerprint density at radius 2 is 1.57 bits per heavy atom. The van der Waals surface area contributed by atoms with E-state index in [9.17, 15) is 9.59 Å². The van der Waals surface area contributed by atoms with Gasteiger partial charge in [0.25, 0.3) is 5.91 Å². The van der Waals surface area contributed by atoms with Gasteiger partial charge >= 0.3 is 0 Å². The zero-order valence-electron chi connectivity index (χ0n) is 16.3. The minimum Gasteiger partial charge on any atom is -0.325 e. The molecular weight excluding hydrogens is 350 g/mol. The number of para-hydroxylation sites is 1. The molecule has 0 bridgehead atoms. The molecule has 0 saturated heterocycles. The van der Waals surface area contributed by atoms with E-state index in [2.05, 4.69) is 18.5 Å². The van der Waals surface area contributed by atoms with E-state index in [1.165, 1.54) is 0 Å². The molecule has 0 aliphatic carbocycles. The summed E-state index contributed by atoms with van der Waals surface area (Å²) in [5, 5.41) is 2.86. The van der Waals surface area contributed by atoms with E-state index in [1.54, 1.807) is 41.3 Å². The lowest BCUT2D eigenvalue weighted by atomic mass is 10.1. The summed E-state index contributed by atoms with van der Waals surface area (Å²) in [5.74, 6) is -0.197. The molecule has 0 aliphatic heterocycles. The third-order valence-electron chi connectivity index (χ3n) is 4.19. The number of carbonyl (C=O) groups is 2. The Bertz CT molecular complexity index is 790. The molecule has 0 heterocycles. The maximum absolute atomic E-state index is 12.8. The third kappa shape index (κ3) is 5.93. The van der Waals surface area contributed by atoms with E-state index in [1.807, 2.05) is 42.2 Å². The number of rotatable bonds is 10. The maximum Gasteiger partial charge on any atom is 0.258 e. The van der Waals surface area contributed by atoms with Crippen LogP contribution in [-0.2, 0) is 4.79 Å². The molecule has 0 saturated carbocycles. The van der Waals surface area contributed by atoms with Crippen molar-refractivity contribution >= 4 is 23.2 Å². The molecule has 5 heteroatoms. The number of hydrogen-bond acceptors (Lipinski definition) is 3. The van der Waals surface area contributed by atoms with Crippen LogP contribution in [0, 0.1) is 0 Å². The van der Waals surface area contributed by atoms with Crippen LogP contribution in [0.2, 0.25) is 0 Å². The van der Waals surface area contributed by atoms with E-state index in [-0.39, 0.29) is 18.4 Å². The second kappa shape index (κ2) is 10.8. The van der Waals surface area contributed by atoms with Gasteiger partial charge in [-0.15, -0.1) is 13.2 Å². The zero-order chi connectivity index (χ0) is 20.4. The number of hydrogen-bond donors (Lipinski definition) is 1. The Morgan fingerprint density at radius 3 is 2.11 bits per heavy atom. The molecule has 0 spiro atoms. The largest absolute Gasteiger partial charge is 0.325 e. The van der Waals surface area contributed by atoms with Crippen molar-refractivity contribution in [1.29, 1.82) is 0 Å². The molecule has 2 aromatic carbocycles. The van der Waals surface area contributed by atoms with Gasteiger partial charge in [0, 0.05) is 36.6 Å². The van der Waals surface area contributed by atoms with Gasteiger partial charge in [-0.1, -0.05) is 30.4 Å². The van der Waals surface area contributed by atoms with Crippen molar-refractivity contribution in [3.05, 3.63) is 85.5 Å². The van der Waals surface area contributed by atoms with Crippen molar-refractivity contribution in [3.8, 4) is 0 Å². The molecule has 0 fully saturated rings. The third-order valence-corrected chi connectivity index (χ3v) is 4.19. The highest BCUT2D eigenvalue weighted by Gasteiger charge is 2.16. The first kappa shape index (κ1) is 21.1. The van der Waals surface area contributed by atoms with Gasteiger partial charge in [-0.25, -0.2) is 0 Å². The van der Waals surface area contributed by atoms with E-state index in [0.717, 1.165) is 5.69 Å². The van der Waals surface area contributed by atoms with Crippen molar-refractivity contribution in [3.63, 3.8) is 0 Å². The molecule has 5 nitrogen and oxygen atoms in total. The predicted molar refractivity (Wildman–Crippen MR) is 116 cm³/mol. The first-order valence-electron chi connectivity index (χ1n) is 9.30. The van der Waals surface area contributed by atoms with E-state index in [0.29, 0.717) is 30.9 Å². The topological polar surface area (TPSA) is 52.7 Å². The number of carbonyl (C=O) groups excluding carboxylic acids is 2. The van der Waals surface area contributed by atoms with Crippen LogP contribution in [0.3, 0.4) is 0 Å². The average Bonchev–Trinajstić information content (AvgIpc) is 2.70. The van der Waals surface area contributed by atoms with Crippen molar-refractivity contribution in [1.82, 2.24) is 4.90 Å². The van der Waals surface area contributed by atoms with Crippen molar-refractivity contribution < 1.29 is 9.59 Å². The molecule has 1 N–H and O–H groups in total. The van der Waals surface area contributed by atoms with Crippen LogP contribution in [0.4, 0.5) is 11.4 Å². The first-order chi connectivity index (χ1) is 13.6. The van der Waals surface area contributed by atoms with Crippen LogP contribution < -0.4 is 10.2 Å². The average molecular weight is 377 g/mol. The molecule has 2 rings (SSSR count). The van der Waals surface area contributed by atoms with Crippen LogP contribution in [0.15, 0.2) is 79.9 Å². The summed E-state index contributed by atoms with van der Waals surface area (Å²) in [6.45, 7) is 11.4. The van der Waals surface area contributed by atoms with Gasteiger partial charge in [0.1, 0.15) is 0 Å². The normalized spacial score (nSPS) is 10.4. The zero-order valence-corrected chi connectivity index (χ0v) is 16.3. The SMILES string of the molecule is C=CCN(CC=C)CC(=O)Nc1ccc(C(=O)N(CC)c2ccccc2)cc1. The molecule has 0 unspecified atom stereocenters.